The van der Waals surface area contributed by atoms with Crippen LogP contribution in [0.5, 0.6) is 0 Å². The highest BCUT2D eigenvalue weighted by atomic mass is 16.6. The third kappa shape index (κ3) is 5.80. The van der Waals surface area contributed by atoms with E-state index in [0.29, 0.717) is 24.7 Å². The van der Waals surface area contributed by atoms with Crippen LogP contribution in [0, 0.1) is 0 Å². The number of benzene rings is 1. The molecule has 1 aliphatic heterocycles. The van der Waals surface area contributed by atoms with Gasteiger partial charge in [-0.1, -0.05) is 30.3 Å². The van der Waals surface area contributed by atoms with Gasteiger partial charge in [-0.15, -0.1) is 0 Å². The number of aromatic nitrogens is 1. The van der Waals surface area contributed by atoms with E-state index < -0.39 is 12.1 Å². The average molecular weight is 402 g/mol. The molecular formula is C21H26N2O6. The summed E-state index contributed by atoms with van der Waals surface area (Å²) >= 11 is 0. The SMILES string of the molecule is COC(=O)CCc1cnc(N2CCC[C@@H]2OC(C)C(=O)OCc2ccccc2)o1. The molecule has 1 aromatic carbocycles. The van der Waals surface area contributed by atoms with Gasteiger partial charge in [0.1, 0.15) is 18.6 Å². The number of methoxy groups -OCH3 is 1. The molecule has 0 bridgehead atoms. The molecule has 0 amide bonds. The third-order valence-corrected chi connectivity index (χ3v) is 4.71. The second-order valence-electron chi connectivity index (χ2n) is 6.85. The number of oxazole rings is 1. The van der Waals surface area contributed by atoms with E-state index in [9.17, 15) is 9.59 Å². The maximum atomic E-state index is 12.3. The Labute approximate surface area is 169 Å². The van der Waals surface area contributed by atoms with Crippen LogP contribution < -0.4 is 4.90 Å². The summed E-state index contributed by atoms with van der Waals surface area (Å²) in [6, 6.07) is 9.94. The molecule has 8 heteroatoms. The number of hydrogen-bond acceptors (Lipinski definition) is 8. The van der Waals surface area contributed by atoms with Crippen LogP contribution in [-0.4, -0.2) is 42.9 Å². The van der Waals surface area contributed by atoms with Crippen molar-refractivity contribution in [1.29, 1.82) is 0 Å². The van der Waals surface area contributed by atoms with E-state index in [1.807, 2.05) is 35.2 Å². The summed E-state index contributed by atoms with van der Waals surface area (Å²) in [5.41, 5.74) is 0.926. The quantitative estimate of drug-likeness (QED) is 0.592. The predicted octanol–water partition coefficient (Wildman–Crippen LogP) is 2.86. The number of hydrogen-bond donors (Lipinski definition) is 0. The zero-order valence-corrected chi connectivity index (χ0v) is 16.7. The summed E-state index contributed by atoms with van der Waals surface area (Å²) in [6.45, 7) is 2.61. The van der Waals surface area contributed by atoms with Crippen LogP contribution in [0.15, 0.2) is 40.9 Å². The maximum Gasteiger partial charge on any atom is 0.335 e. The van der Waals surface area contributed by atoms with Crippen LogP contribution in [0.4, 0.5) is 6.01 Å². The van der Waals surface area contributed by atoms with Crippen molar-refractivity contribution >= 4 is 18.0 Å². The van der Waals surface area contributed by atoms with Crippen LogP contribution in [0.3, 0.4) is 0 Å². The van der Waals surface area contributed by atoms with Crippen molar-refractivity contribution in [3.8, 4) is 0 Å². The van der Waals surface area contributed by atoms with Crippen LogP contribution in [-0.2, 0) is 36.8 Å². The van der Waals surface area contributed by atoms with E-state index >= 15 is 0 Å². The topological polar surface area (TPSA) is 91.1 Å². The highest BCUT2D eigenvalue weighted by Crippen LogP contribution is 2.27. The van der Waals surface area contributed by atoms with E-state index in [-0.39, 0.29) is 25.2 Å². The molecule has 0 N–H and O–H groups in total. The fourth-order valence-electron chi connectivity index (χ4n) is 3.11. The van der Waals surface area contributed by atoms with Crippen LogP contribution in [0.25, 0.3) is 0 Å². The van der Waals surface area contributed by atoms with Gasteiger partial charge in [-0.25, -0.2) is 9.78 Å². The van der Waals surface area contributed by atoms with Crippen molar-refractivity contribution in [2.45, 2.75) is 51.5 Å². The first-order valence-electron chi connectivity index (χ1n) is 9.71. The van der Waals surface area contributed by atoms with Gasteiger partial charge in [-0.3, -0.25) is 4.79 Å². The normalized spacial score (nSPS) is 17.2. The van der Waals surface area contributed by atoms with Crippen molar-refractivity contribution in [3.63, 3.8) is 0 Å². The Morgan fingerprint density at radius 1 is 1.31 bits per heavy atom. The summed E-state index contributed by atoms with van der Waals surface area (Å²) < 4.78 is 21.7. The van der Waals surface area contributed by atoms with E-state index in [0.717, 1.165) is 18.4 Å². The molecule has 0 spiro atoms. The third-order valence-electron chi connectivity index (χ3n) is 4.71. The van der Waals surface area contributed by atoms with Crippen molar-refractivity contribution in [2.75, 3.05) is 18.6 Å². The summed E-state index contributed by atoms with van der Waals surface area (Å²) in [6.07, 6.45) is 2.88. The smallest absolute Gasteiger partial charge is 0.335 e. The molecule has 2 aromatic rings. The van der Waals surface area contributed by atoms with Gasteiger partial charge in [0, 0.05) is 13.0 Å². The van der Waals surface area contributed by atoms with Crippen LogP contribution >= 0.6 is 0 Å². The van der Waals surface area contributed by atoms with E-state index in [1.54, 1.807) is 13.1 Å². The lowest BCUT2D eigenvalue weighted by molar-refractivity contribution is -0.160. The number of nitrogens with zero attached hydrogens (tertiary/aromatic N) is 2. The number of esters is 2. The van der Waals surface area contributed by atoms with Gasteiger partial charge in [-0.05, 0) is 25.3 Å². The summed E-state index contributed by atoms with van der Waals surface area (Å²) in [7, 11) is 1.35. The Hall–Kier alpha value is -2.87. The molecule has 0 aliphatic carbocycles. The Morgan fingerprint density at radius 2 is 2.10 bits per heavy atom. The molecule has 29 heavy (non-hydrogen) atoms. The fourth-order valence-corrected chi connectivity index (χ4v) is 3.11. The van der Waals surface area contributed by atoms with Crippen LogP contribution in [0.1, 0.15) is 37.5 Å². The maximum absolute atomic E-state index is 12.3. The van der Waals surface area contributed by atoms with E-state index in [4.69, 9.17) is 13.9 Å². The largest absolute Gasteiger partial charge is 0.469 e. The highest BCUT2D eigenvalue weighted by molar-refractivity contribution is 5.74. The lowest BCUT2D eigenvalue weighted by atomic mass is 10.2. The molecule has 2 atom stereocenters. The van der Waals surface area contributed by atoms with Gasteiger partial charge in [0.15, 0.2) is 6.10 Å². The minimum absolute atomic E-state index is 0.213. The van der Waals surface area contributed by atoms with E-state index in [1.165, 1.54) is 7.11 Å². The molecule has 3 rings (SSSR count). The van der Waals surface area contributed by atoms with E-state index in [2.05, 4.69) is 9.72 Å². The average Bonchev–Trinajstić information content (AvgIpc) is 3.40. The first kappa shape index (κ1) is 20.9. The molecule has 156 valence electrons. The number of carbonyl (C=O) groups excluding carboxylic acids is 2. The van der Waals surface area contributed by atoms with Crippen molar-refractivity contribution in [1.82, 2.24) is 4.98 Å². The Balaban J connectivity index is 1.51. The number of ether oxygens (including phenoxy) is 3. The van der Waals surface area contributed by atoms with Gasteiger partial charge < -0.3 is 23.5 Å². The lowest BCUT2D eigenvalue weighted by Gasteiger charge is -2.25. The summed E-state index contributed by atoms with van der Waals surface area (Å²) in [5.74, 6) is -0.105. The molecule has 1 fully saturated rings. The monoisotopic (exact) mass is 402 g/mol. The molecule has 8 nitrogen and oxygen atoms in total. The number of carbonyl (C=O) groups is 2. The molecule has 0 radical (unpaired) electrons. The van der Waals surface area contributed by atoms with Crippen molar-refractivity contribution in [3.05, 3.63) is 47.9 Å². The Kier molecular flexibility index (Phi) is 7.24. The minimum Gasteiger partial charge on any atom is -0.469 e. The number of anilines is 1. The van der Waals surface area contributed by atoms with Crippen molar-refractivity contribution < 1.29 is 28.2 Å². The van der Waals surface area contributed by atoms with Gasteiger partial charge >= 0.3 is 11.9 Å². The molecular weight excluding hydrogens is 376 g/mol. The predicted molar refractivity (Wildman–Crippen MR) is 104 cm³/mol. The molecule has 0 saturated carbocycles. The van der Waals surface area contributed by atoms with Crippen LogP contribution in [0.2, 0.25) is 0 Å². The first-order chi connectivity index (χ1) is 14.1. The Bertz CT molecular complexity index is 807. The van der Waals surface area contributed by atoms with Gasteiger partial charge in [0.25, 0.3) is 6.01 Å². The highest BCUT2D eigenvalue weighted by Gasteiger charge is 2.32. The van der Waals surface area contributed by atoms with Gasteiger partial charge in [-0.2, -0.15) is 0 Å². The van der Waals surface area contributed by atoms with Gasteiger partial charge in [0.2, 0.25) is 0 Å². The second-order valence-corrected chi connectivity index (χ2v) is 6.85. The second kappa shape index (κ2) is 10.1. The lowest BCUT2D eigenvalue weighted by Crippen LogP contribution is -2.37. The summed E-state index contributed by atoms with van der Waals surface area (Å²) in [4.78, 5) is 29.7. The van der Waals surface area contributed by atoms with Crippen molar-refractivity contribution in [2.24, 2.45) is 0 Å². The molecule has 1 aromatic heterocycles. The molecule has 2 heterocycles. The molecule has 1 aliphatic rings. The minimum atomic E-state index is -0.710. The first-order valence-corrected chi connectivity index (χ1v) is 9.71. The molecule has 1 saturated heterocycles. The molecule has 1 unspecified atom stereocenters. The fraction of sp³-hybridized carbons (Fsp3) is 0.476. The Morgan fingerprint density at radius 3 is 2.86 bits per heavy atom. The standard InChI is InChI=1S/C21H26N2O6/c1-15(20(25)27-14-16-7-4-3-5-8-16)28-18-9-6-12-23(18)21-22-13-17(29-21)10-11-19(24)26-2/h3-5,7-8,13,15,18H,6,9-12,14H2,1-2H3/t15?,18-/m0/s1. The van der Waals surface area contributed by atoms with Gasteiger partial charge in [0.05, 0.1) is 19.7 Å². The number of rotatable bonds is 9. The zero-order valence-electron chi connectivity index (χ0n) is 16.7. The zero-order chi connectivity index (χ0) is 20.6. The number of aryl methyl sites for hydroxylation is 1. The summed E-state index contributed by atoms with van der Waals surface area (Å²) in [5, 5.41) is 0.